The molecule has 5 nitrogen and oxygen atoms in total. The largest absolute Gasteiger partial charge is 0.378 e. The number of likely N-dealkylation sites (N-methyl/N-ethyl adjacent to an activating group) is 1. The van der Waals surface area contributed by atoms with Crippen molar-refractivity contribution in [1.29, 1.82) is 0 Å². The molecule has 0 unspecified atom stereocenters. The van der Waals surface area contributed by atoms with Gasteiger partial charge < -0.3 is 19.9 Å². The molecule has 0 radical (unpaired) electrons. The molecule has 1 aromatic heterocycles. The number of aromatic nitrogens is 1. The van der Waals surface area contributed by atoms with Gasteiger partial charge in [-0.25, -0.2) is 0 Å². The summed E-state index contributed by atoms with van der Waals surface area (Å²) < 4.78 is 5.44. The number of hydrogen-bond acceptors (Lipinski definition) is 3. The van der Waals surface area contributed by atoms with Crippen LogP contribution in [0.25, 0.3) is 10.9 Å². The molecular formula is C15H21N3O2. The number of rotatable bonds is 7. The van der Waals surface area contributed by atoms with Crippen LogP contribution in [-0.2, 0) is 4.74 Å². The predicted molar refractivity (Wildman–Crippen MR) is 80.0 cm³/mol. The van der Waals surface area contributed by atoms with Gasteiger partial charge >= 0.3 is 0 Å². The van der Waals surface area contributed by atoms with Crippen LogP contribution in [0.3, 0.4) is 0 Å². The summed E-state index contributed by atoms with van der Waals surface area (Å²) in [5.74, 6) is -0.0707. The van der Waals surface area contributed by atoms with Gasteiger partial charge in [-0.3, -0.25) is 4.79 Å². The Morgan fingerprint density at radius 2 is 2.10 bits per heavy atom. The van der Waals surface area contributed by atoms with E-state index in [9.17, 15) is 4.79 Å². The topological polar surface area (TPSA) is 57.4 Å². The first-order valence-electron chi connectivity index (χ1n) is 6.75. The van der Waals surface area contributed by atoms with Crippen molar-refractivity contribution in [3.05, 3.63) is 36.0 Å². The molecular weight excluding hydrogens is 254 g/mol. The maximum Gasteiger partial charge on any atom is 0.253 e. The molecule has 1 aromatic carbocycles. The lowest BCUT2D eigenvalue weighted by atomic mass is 10.1. The van der Waals surface area contributed by atoms with Crippen LogP contribution in [0.4, 0.5) is 0 Å². The maximum absolute atomic E-state index is 12.1. The highest BCUT2D eigenvalue weighted by atomic mass is 16.5. The van der Waals surface area contributed by atoms with Crippen molar-refractivity contribution >= 4 is 16.8 Å². The van der Waals surface area contributed by atoms with Gasteiger partial charge in [0.15, 0.2) is 0 Å². The molecule has 0 spiro atoms. The van der Waals surface area contributed by atoms with E-state index in [0.29, 0.717) is 25.3 Å². The predicted octanol–water partition coefficient (Wildman–Crippen LogP) is 1.48. The number of carbonyl (C=O) groups excluding carboxylic acids is 1. The van der Waals surface area contributed by atoms with Gasteiger partial charge in [-0.15, -0.1) is 0 Å². The van der Waals surface area contributed by atoms with Crippen molar-refractivity contribution in [2.45, 2.75) is 0 Å². The highest BCUT2D eigenvalue weighted by Crippen LogP contribution is 2.17. The zero-order valence-corrected chi connectivity index (χ0v) is 12.0. The number of amides is 1. The van der Waals surface area contributed by atoms with E-state index in [4.69, 9.17) is 4.74 Å². The summed E-state index contributed by atoms with van der Waals surface area (Å²) in [5.41, 5.74) is 1.65. The molecule has 0 atom stereocenters. The van der Waals surface area contributed by atoms with Gasteiger partial charge in [0.05, 0.1) is 18.8 Å². The molecule has 2 N–H and O–H groups in total. The van der Waals surface area contributed by atoms with E-state index in [0.717, 1.165) is 17.4 Å². The van der Waals surface area contributed by atoms with Crippen LogP contribution < -0.4 is 5.32 Å². The Hall–Kier alpha value is -1.85. The van der Waals surface area contributed by atoms with Crippen molar-refractivity contribution in [2.24, 2.45) is 0 Å². The summed E-state index contributed by atoms with van der Waals surface area (Å²) in [5, 5.41) is 3.81. The highest BCUT2D eigenvalue weighted by molar-refractivity contribution is 6.06. The zero-order chi connectivity index (χ0) is 14.4. The minimum absolute atomic E-state index is 0.0707. The van der Waals surface area contributed by atoms with Crippen molar-refractivity contribution in [1.82, 2.24) is 15.2 Å². The lowest BCUT2D eigenvalue weighted by Crippen LogP contribution is -2.28. The van der Waals surface area contributed by atoms with Crippen LogP contribution in [-0.4, -0.2) is 56.2 Å². The highest BCUT2D eigenvalue weighted by Gasteiger charge is 2.10. The third kappa shape index (κ3) is 3.82. The van der Waals surface area contributed by atoms with Crippen LogP contribution >= 0.6 is 0 Å². The fourth-order valence-electron chi connectivity index (χ4n) is 1.94. The molecule has 0 saturated carbocycles. The minimum Gasteiger partial charge on any atom is -0.378 e. The van der Waals surface area contributed by atoms with Gasteiger partial charge in [-0.1, -0.05) is 18.2 Å². The lowest BCUT2D eigenvalue weighted by Gasteiger charge is -2.10. The van der Waals surface area contributed by atoms with Crippen molar-refractivity contribution in [3.8, 4) is 0 Å². The van der Waals surface area contributed by atoms with Crippen LogP contribution in [0.5, 0.6) is 0 Å². The third-order valence-corrected chi connectivity index (χ3v) is 3.05. The van der Waals surface area contributed by atoms with Gasteiger partial charge in [0.25, 0.3) is 5.91 Å². The van der Waals surface area contributed by atoms with Crippen molar-refractivity contribution in [3.63, 3.8) is 0 Å². The van der Waals surface area contributed by atoms with Crippen molar-refractivity contribution < 1.29 is 9.53 Å². The molecule has 2 aromatic rings. The first-order chi connectivity index (χ1) is 9.68. The van der Waals surface area contributed by atoms with Crippen molar-refractivity contribution in [2.75, 3.05) is 40.4 Å². The fraction of sp³-hybridized carbons (Fsp3) is 0.400. The number of benzene rings is 1. The summed E-state index contributed by atoms with van der Waals surface area (Å²) in [4.78, 5) is 17.2. The monoisotopic (exact) mass is 275 g/mol. The van der Waals surface area contributed by atoms with Gasteiger partial charge in [0.2, 0.25) is 0 Å². The molecule has 0 aliphatic carbocycles. The first-order valence-corrected chi connectivity index (χ1v) is 6.75. The van der Waals surface area contributed by atoms with E-state index < -0.39 is 0 Å². The Kier molecular flexibility index (Phi) is 5.15. The number of nitrogens with zero attached hydrogens (tertiary/aromatic N) is 1. The van der Waals surface area contributed by atoms with E-state index in [2.05, 4.69) is 15.2 Å². The normalized spacial score (nSPS) is 11.2. The molecule has 20 heavy (non-hydrogen) atoms. The average Bonchev–Trinajstić information content (AvgIpc) is 2.86. The summed E-state index contributed by atoms with van der Waals surface area (Å²) in [6.45, 7) is 2.61. The number of H-pyrrole nitrogens is 1. The smallest absolute Gasteiger partial charge is 0.253 e. The van der Waals surface area contributed by atoms with E-state index in [1.165, 1.54) is 0 Å². The van der Waals surface area contributed by atoms with Gasteiger partial charge in [-0.05, 0) is 20.2 Å². The van der Waals surface area contributed by atoms with E-state index >= 15 is 0 Å². The van der Waals surface area contributed by atoms with Crippen LogP contribution in [0.1, 0.15) is 10.4 Å². The molecule has 2 rings (SSSR count). The number of aromatic amines is 1. The number of nitrogens with one attached hydrogen (secondary N) is 2. The summed E-state index contributed by atoms with van der Waals surface area (Å²) in [6.07, 6.45) is 1.74. The average molecular weight is 275 g/mol. The van der Waals surface area contributed by atoms with Crippen LogP contribution in [0, 0.1) is 0 Å². The molecule has 0 aliphatic rings. The molecule has 5 heteroatoms. The first kappa shape index (κ1) is 14.6. The molecule has 0 saturated heterocycles. The summed E-state index contributed by atoms with van der Waals surface area (Å²) in [6, 6.07) is 7.77. The Labute approximate surface area is 118 Å². The van der Waals surface area contributed by atoms with Crippen LogP contribution in [0.15, 0.2) is 30.5 Å². The Balaban J connectivity index is 1.78. The second-order valence-corrected chi connectivity index (χ2v) is 4.92. The Bertz CT molecular complexity index is 563. The number of fused-ring (bicyclic) bond motifs is 1. The van der Waals surface area contributed by atoms with Gasteiger partial charge in [-0.2, -0.15) is 0 Å². The molecule has 0 aliphatic heterocycles. The summed E-state index contributed by atoms with van der Waals surface area (Å²) >= 11 is 0. The lowest BCUT2D eigenvalue weighted by molar-refractivity contribution is 0.0902. The van der Waals surface area contributed by atoms with E-state index in [1.54, 1.807) is 6.20 Å². The van der Waals surface area contributed by atoms with Crippen LogP contribution in [0.2, 0.25) is 0 Å². The zero-order valence-electron chi connectivity index (χ0n) is 12.0. The molecule has 108 valence electrons. The SMILES string of the molecule is CN(C)CCOCCNC(=O)c1c[nH]c2ccccc12. The minimum atomic E-state index is -0.0707. The number of carbonyl (C=O) groups is 1. The van der Waals surface area contributed by atoms with E-state index in [1.807, 2.05) is 38.4 Å². The molecule has 0 bridgehead atoms. The fourth-order valence-corrected chi connectivity index (χ4v) is 1.94. The van der Waals surface area contributed by atoms with E-state index in [-0.39, 0.29) is 5.91 Å². The third-order valence-electron chi connectivity index (χ3n) is 3.05. The Morgan fingerprint density at radius 3 is 2.90 bits per heavy atom. The molecule has 0 fully saturated rings. The number of hydrogen-bond donors (Lipinski definition) is 2. The summed E-state index contributed by atoms with van der Waals surface area (Å²) in [7, 11) is 4.00. The second-order valence-electron chi connectivity index (χ2n) is 4.92. The molecule has 1 heterocycles. The second kappa shape index (κ2) is 7.07. The number of para-hydroxylation sites is 1. The standard InChI is InChI=1S/C15H21N3O2/c1-18(2)8-10-20-9-7-16-15(19)13-11-17-14-6-4-3-5-12(13)14/h3-6,11,17H,7-10H2,1-2H3,(H,16,19). The Morgan fingerprint density at radius 1 is 1.30 bits per heavy atom. The maximum atomic E-state index is 12.1. The van der Waals surface area contributed by atoms with Gasteiger partial charge in [0.1, 0.15) is 0 Å². The number of ether oxygens (including phenoxy) is 1. The quantitative estimate of drug-likeness (QED) is 0.752. The van der Waals surface area contributed by atoms with Gasteiger partial charge in [0, 0.05) is 30.2 Å². The molecule has 1 amide bonds.